The predicted octanol–water partition coefficient (Wildman–Crippen LogP) is 1.93. The molecule has 24 heavy (non-hydrogen) atoms. The lowest BCUT2D eigenvalue weighted by Gasteiger charge is -2.25. The number of hydrogen-bond donors (Lipinski definition) is 1. The summed E-state index contributed by atoms with van der Waals surface area (Å²) in [6.45, 7) is 7.18. The minimum Gasteiger partial charge on any atom is -0.378 e. The van der Waals surface area contributed by atoms with Crippen LogP contribution in [0.3, 0.4) is 0 Å². The van der Waals surface area contributed by atoms with E-state index in [2.05, 4.69) is 32.1 Å². The Morgan fingerprint density at radius 1 is 1.46 bits per heavy atom. The van der Waals surface area contributed by atoms with Gasteiger partial charge in [-0.15, -0.1) is 0 Å². The zero-order valence-corrected chi connectivity index (χ0v) is 15.5. The standard InChI is InChI=1S/C15H21N5O2S2/c1-3-10(2)18-11(21)8-23-14-12-13(16-9-17-14)19-15(24-12)20-4-6-22-7-5-20/h9-10H,3-8H2,1-2H3,(H,18,21)/t10-/m0/s1. The number of thioether (sulfide) groups is 1. The van der Waals surface area contributed by atoms with Crippen molar-refractivity contribution in [3.05, 3.63) is 6.33 Å². The summed E-state index contributed by atoms with van der Waals surface area (Å²) in [7, 11) is 0. The van der Waals surface area contributed by atoms with Crippen molar-refractivity contribution in [2.75, 3.05) is 37.0 Å². The van der Waals surface area contributed by atoms with Crippen LogP contribution in [0.15, 0.2) is 11.4 Å². The van der Waals surface area contributed by atoms with Gasteiger partial charge in [0.15, 0.2) is 10.8 Å². The second kappa shape index (κ2) is 8.09. The molecule has 3 rings (SSSR count). The largest absolute Gasteiger partial charge is 0.378 e. The molecule has 0 radical (unpaired) electrons. The molecule has 0 saturated carbocycles. The van der Waals surface area contributed by atoms with E-state index in [1.165, 1.54) is 18.1 Å². The summed E-state index contributed by atoms with van der Waals surface area (Å²) in [6.07, 6.45) is 2.44. The number of amides is 1. The van der Waals surface area contributed by atoms with E-state index in [1.54, 1.807) is 11.3 Å². The number of carbonyl (C=O) groups is 1. The second-order valence-electron chi connectivity index (χ2n) is 5.59. The lowest BCUT2D eigenvalue weighted by Crippen LogP contribution is -2.36. The van der Waals surface area contributed by atoms with Crippen LogP contribution in [0, 0.1) is 0 Å². The fourth-order valence-electron chi connectivity index (χ4n) is 2.27. The summed E-state index contributed by atoms with van der Waals surface area (Å²) in [5.41, 5.74) is 0.696. The van der Waals surface area contributed by atoms with Crippen molar-refractivity contribution < 1.29 is 9.53 Å². The molecule has 2 aromatic heterocycles. The van der Waals surface area contributed by atoms with Crippen LogP contribution in [-0.2, 0) is 9.53 Å². The van der Waals surface area contributed by atoms with Gasteiger partial charge in [0.05, 0.1) is 19.0 Å². The van der Waals surface area contributed by atoms with Crippen molar-refractivity contribution in [1.29, 1.82) is 0 Å². The summed E-state index contributed by atoms with van der Waals surface area (Å²) in [5, 5.41) is 4.73. The highest BCUT2D eigenvalue weighted by atomic mass is 32.2. The van der Waals surface area contributed by atoms with E-state index in [-0.39, 0.29) is 11.9 Å². The van der Waals surface area contributed by atoms with E-state index in [1.807, 2.05) is 6.92 Å². The molecule has 2 aromatic rings. The molecule has 1 amide bonds. The molecule has 1 saturated heterocycles. The zero-order valence-electron chi connectivity index (χ0n) is 13.8. The Morgan fingerprint density at radius 3 is 3.00 bits per heavy atom. The first-order chi connectivity index (χ1) is 11.7. The first-order valence-electron chi connectivity index (χ1n) is 8.03. The number of ether oxygens (including phenoxy) is 1. The van der Waals surface area contributed by atoms with Gasteiger partial charge >= 0.3 is 0 Å². The first-order valence-corrected chi connectivity index (χ1v) is 9.84. The molecule has 3 heterocycles. The maximum absolute atomic E-state index is 12.0. The molecular weight excluding hydrogens is 346 g/mol. The van der Waals surface area contributed by atoms with Crippen LogP contribution in [0.2, 0.25) is 0 Å². The number of hydrogen-bond acceptors (Lipinski definition) is 8. The molecule has 9 heteroatoms. The molecule has 1 aliphatic heterocycles. The Kier molecular flexibility index (Phi) is 5.85. The van der Waals surface area contributed by atoms with Gasteiger partial charge in [-0.1, -0.05) is 30.0 Å². The van der Waals surface area contributed by atoms with E-state index in [9.17, 15) is 4.79 Å². The number of morpholine rings is 1. The fourth-order valence-corrected chi connectivity index (χ4v) is 4.22. The molecule has 130 valence electrons. The SMILES string of the molecule is CC[C@H](C)NC(=O)CSc1ncnc2nc(N3CCOCC3)sc12. The van der Waals surface area contributed by atoms with E-state index in [0.717, 1.165) is 47.6 Å². The Balaban J connectivity index is 1.71. The Bertz CT molecular complexity index is 702. The van der Waals surface area contributed by atoms with Crippen molar-refractivity contribution in [3.63, 3.8) is 0 Å². The third-order valence-corrected chi connectivity index (χ3v) is 6.02. The Hall–Kier alpha value is -1.45. The number of aromatic nitrogens is 3. The van der Waals surface area contributed by atoms with Gasteiger partial charge in [0, 0.05) is 19.1 Å². The number of rotatable bonds is 6. The second-order valence-corrected chi connectivity index (χ2v) is 7.53. The number of thiazole rings is 1. The lowest BCUT2D eigenvalue weighted by molar-refractivity contribution is -0.119. The van der Waals surface area contributed by atoms with Gasteiger partial charge in [-0.3, -0.25) is 4.79 Å². The summed E-state index contributed by atoms with van der Waals surface area (Å²) in [6, 6.07) is 0.194. The Labute approximate surface area is 149 Å². The average molecular weight is 368 g/mol. The highest BCUT2D eigenvalue weighted by molar-refractivity contribution is 8.00. The minimum absolute atomic E-state index is 0.0269. The van der Waals surface area contributed by atoms with E-state index in [0.29, 0.717) is 11.4 Å². The predicted molar refractivity (Wildman–Crippen MR) is 96.9 cm³/mol. The number of carbonyl (C=O) groups excluding carboxylic acids is 1. The topological polar surface area (TPSA) is 80.2 Å². The van der Waals surface area contributed by atoms with Crippen molar-refractivity contribution in [1.82, 2.24) is 20.3 Å². The maximum Gasteiger partial charge on any atom is 0.230 e. The van der Waals surface area contributed by atoms with Gasteiger partial charge in [0.25, 0.3) is 0 Å². The summed E-state index contributed by atoms with van der Waals surface area (Å²) >= 11 is 3.02. The van der Waals surface area contributed by atoms with Crippen LogP contribution < -0.4 is 10.2 Å². The van der Waals surface area contributed by atoms with Gasteiger partial charge in [0.2, 0.25) is 5.91 Å². The molecule has 1 aliphatic rings. The van der Waals surface area contributed by atoms with Gasteiger partial charge in [0.1, 0.15) is 16.1 Å². The summed E-state index contributed by atoms with van der Waals surface area (Å²) < 4.78 is 6.33. The third kappa shape index (κ3) is 4.14. The fraction of sp³-hybridized carbons (Fsp3) is 0.600. The van der Waals surface area contributed by atoms with E-state index in [4.69, 9.17) is 4.74 Å². The minimum atomic E-state index is 0.0269. The van der Waals surface area contributed by atoms with Gasteiger partial charge in [-0.2, -0.15) is 4.98 Å². The van der Waals surface area contributed by atoms with Gasteiger partial charge in [-0.05, 0) is 13.3 Å². The van der Waals surface area contributed by atoms with Crippen LogP contribution in [0.5, 0.6) is 0 Å². The molecule has 0 aromatic carbocycles. The van der Waals surface area contributed by atoms with Crippen molar-refractivity contribution in [2.24, 2.45) is 0 Å². The lowest BCUT2D eigenvalue weighted by atomic mass is 10.3. The molecule has 1 atom stereocenters. The smallest absolute Gasteiger partial charge is 0.230 e. The van der Waals surface area contributed by atoms with E-state index >= 15 is 0 Å². The molecule has 0 aliphatic carbocycles. The zero-order chi connectivity index (χ0) is 16.9. The van der Waals surface area contributed by atoms with Crippen LogP contribution in [0.4, 0.5) is 5.13 Å². The van der Waals surface area contributed by atoms with Gasteiger partial charge < -0.3 is 15.0 Å². The number of nitrogens with one attached hydrogen (secondary N) is 1. The molecule has 7 nitrogen and oxygen atoms in total. The highest BCUT2D eigenvalue weighted by Crippen LogP contribution is 2.33. The molecule has 0 bridgehead atoms. The van der Waals surface area contributed by atoms with E-state index < -0.39 is 0 Å². The normalized spacial score (nSPS) is 16.3. The monoisotopic (exact) mass is 367 g/mol. The van der Waals surface area contributed by atoms with Crippen LogP contribution >= 0.6 is 23.1 Å². The number of anilines is 1. The quantitative estimate of drug-likeness (QED) is 0.617. The molecule has 0 spiro atoms. The average Bonchev–Trinajstić information content (AvgIpc) is 3.05. The maximum atomic E-state index is 12.0. The molecule has 1 fully saturated rings. The highest BCUT2D eigenvalue weighted by Gasteiger charge is 2.18. The van der Waals surface area contributed by atoms with Crippen molar-refractivity contribution in [3.8, 4) is 0 Å². The number of fused-ring (bicyclic) bond motifs is 1. The molecule has 1 N–H and O–H groups in total. The van der Waals surface area contributed by atoms with Crippen molar-refractivity contribution >= 4 is 44.5 Å². The van der Waals surface area contributed by atoms with Crippen LogP contribution in [-0.4, -0.2) is 59.0 Å². The third-order valence-electron chi connectivity index (χ3n) is 3.79. The number of nitrogens with zero attached hydrogens (tertiary/aromatic N) is 4. The molecular formula is C15H21N5O2S2. The Morgan fingerprint density at radius 2 is 2.25 bits per heavy atom. The van der Waals surface area contributed by atoms with Crippen LogP contribution in [0.25, 0.3) is 10.3 Å². The summed E-state index contributed by atoms with van der Waals surface area (Å²) in [5.74, 6) is 0.375. The summed E-state index contributed by atoms with van der Waals surface area (Å²) in [4.78, 5) is 27.4. The van der Waals surface area contributed by atoms with Gasteiger partial charge in [-0.25, -0.2) is 9.97 Å². The first kappa shape index (κ1) is 17.4. The van der Waals surface area contributed by atoms with Crippen LogP contribution in [0.1, 0.15) is 20.3 Å². The van der Waals surface area contributed by atoms with Crippen molar-refractivity contribution in [2.45, 2.75) is 31.3 Å². The molecule has 0 unspecified atom stereocenters.